The summed E-state index contributed by atoms with van der Waals surface area (Å²) in [5, 5.41) is 25.5. The molecule has 30 heavy (non-hydrogen) atoms. The predicted molar refractivity (Wildman–Crippen MR) is 118 cm³/mol. The van der Waals surface area contributed by atoms with E-state index in [2.05, 4.69) is 10.5 Å². The molecule has 154 valence electrons. The summed E-state index contributed by atoms with van der Waals surface area (Å²) in [6.07, 6.45) is 0. The van der Waals surface area contributed by atoms with Crippen molar-refractivity contribution in [1.82, 2.24) is 5.43 Å². The molecule has 8 heteroatoms. The molecule has 0 bridgehead atoms. The Balaban J connectivity index is 1.81. The number of hydrogen-bond donors (Lipinski definition) is 4. The van der Waals surface area contributed by atoms with Gasteiger partial charge in [0.1, 0.15) is 5.75 Å². The number of aromatic hydroxyl groups is 1. The first kappa shape index (κ1) is 21.1. The number of carboxylic acid groups (broad SMARTS) is 1. The number of rotatable bonds is 5. The Hall–Kier alpha value is -3.65. The number of aromatic carboxylic acids is 1. The number of carboxylic acids is 1. The molecule has 1 heterocycles. The summed E-state index contributed by atoms with van der Waals surface area (Å²) in [7, 11) is 0. The van der Waals surface area contributed by atoms with Gasteiger partial charge < -0.3 is 15.9 Å². The molecule has 1 aromatic heterocycles. The third-order valence-corrected chi connectivity index (χ3v) is 5.81. The van der Waals surface area contributed by atoms with E-state index >= 15 is 0 Å². The predicted octanol–water partition coefficient (Wildman–Crippen LogP) is 4.17. The number of nitrogens with two attached hydrogens (primary N) is 1. The van der Waals surface area contributed by atoms with E-state index in [0.717, 1.165) is 16.0 Å². The zero-order valence-corrected chi connectivity index (χ0v) is 17.5. The SMILES string of the molecule is CC(=NNC(=O)c1ccc(C(=O)O)cc1N)c1csc(-c2ccc(C)c(C)c2)c1O. The van der Waals surface area contributed by atoms with Crippen LogP contribution in [-0.2, 0) is 0 Å². The topological polar surface area (TPSA) is 125 Å². The first-order valence-electron chi connectivity index (χ1n) is 9.05. The van der Waals surface area contributed by atoms with Crippen LogP contribution < -0.4 is 11.2 Å². The van der Waals surface area contributed by atoms with E-state index in [0.29, 0.717) is 11.3 Å². The van der Waals surface area contributed by atoms with Crippen molar-refractivity contribution in [1.29, 1.82) is 0 Å². The van der Waals surface area contributed by atoms with E-state index in [1.54, 1.807) is 12.3 Å². The van der Waals surface area contributed by atoms with Gasteiger partial charge in [-0.1, -0.05) is 18.2 Å². The maximum Gasteiger partial charge on any atom is 0.335 e. The quantitative estimate of drug-likeness (QED) is 0.278. The number of carbonyl (C=O) groups is 2. The molecule has 0 spiro atoms. The lowest BCUT2D eigenvalue weighted by molar-refractivity contribution is 0.0696. The van der Waals surface area contributed by atoms with Crippen LogP contribution in [-0.4, -0.2) is 27.8 Å². The van der Waals surface area contributed by atoms with Crippen LogP contribution in [0.3, 0.4) is 0 Å². The summed E-state index contributed by atoms with van der Waals surface area (Å²) in [5.41, 5.74) is 12.5. The van der Waals surface area contributed by atoms with Crippen molar-refractivity contribution in [2.45, 2.75) is 20.8 Å². The molecule has 5 N–H and O–H groups in total. The number of aryl methyl sites for hydroxylation is 2. The number of benzene rings is 2. The largest absolute Gasteiger partial charge is 0.506 e. The van der Waals surface area contributed by atoms with Crippen molar-refractivity contribution in [3.63, 3.8) is 0 Å². The molecule has 0 aliphatic heterocycles. The van der Waals surface area contributed by atoms with E-state index in [-0.39, 0.29) is 22.6 Å². The van der Waals surface area contributed by atoms with Gasteiger partial charge in [-0.3, -0.25) is 4.79 Å². The van der Waals surface area contributed by atoms with Gasteiger partial charge in [-0.15, -0.1) is 11.3 Å². The molecule has 3 rings (SSSR count). The molecule has 0 fully saturated rings. The Morgan fingerprint density at radius 2 is 1.80 bits per heavy atom. The minimum atomic E-state index is -1.13. The molecule has 0 aliphatic rings. The van der Waals surface area contributed by atoms with E-state index in [9.17, 15) is 14.7 Å². The van der Waals surface area contributed by atoms with E-state index in [4.69, 9.17) is 10.8 Å². The van der Waals surface area contributed by atoms with Crippen LogP contribution >= 0.6 is 11.3 Å². The lowest BCUT2D eigenvalue weighted by Crippen LogP contribution is -2.20. The van der Waals surface area contributed by atoms with Gasteiger partial charge in [-0.25, -0.2) is 10.2 Å². The fourth-order valence-corrected chi connectivity index (χ4v) is 3.86. The van der Waals surface area contributed by atoms with Crippen LogP contribution in [0.1, 0.15) is 44.3 Å². The maximum absolute atomic E-state index is 12.4. The normalized spacial score (nSPS) is 11.4. The van der Waals surface area contributed by atoms with E-state index < -0.39 is 11.9 Å². The molecule has 0 radical (unpaired) electrons. The zero-order chi connectivity index (χ0) is 22.0. The number of thiophene rings is 1. The van der Waals surface area contributed by atoms with Gasteiger partial charge in [0.2, 0.25) is 0 Å². The smallest absolute Gasteiger partial charge is 0.335 e. The van der Waals surface area contributed by atoms with Crippen molar-refractivity contribution in [2.24, 2.45) is 5.10 Å². The fourth-order valence-electron chi connectivity index (χ4n) is 2.85. The molecule has 0 unspecified atom stereocenters. The summed E-state index contributed by atoms with van der Waals surface area (Å²) in [6.45, 7) is 5.71. The second-order valence-electron chi connectivity index (χ2n) is 6.87. The number of hydrazone groups is 1. The molecular formula is C22H21N3O4S. The minimum Gasteiger partial charge on any atom is -0.506 e. The van der Waals surface area contributed by atoms with Crippen LogP contribution in [0.2, 0.25) is 0 Å². The highest BCUT2D eigenvalue weighted by molar-refractivity contribution is 7.14. The highest BCUT2D eigenvalue weighted by Gasteiger charge is 2.16. The van der Waals surface area contributed by atoms with Crippen molar-refractivity contribution < 1.29 is 19.8 Å². The van der Waals surface area contributed by atoms with Gasteiger partial charge >= 0.3 is 5.97 Å². The summed E-state index contributed by atoms with van der Waals surface area (Å²) in [5.74, 6) is -1.60. The molecule has 0 saturated heterocycles. The molecule has 0 saturated carbocycles. The summed E-state index contributed by atoms with van der Waals surface area (Å²) in [4.78, 5) is 24.1. The van der Waals surface area contributed by atoms with Gasteiger partial charge in [0.15, 0.2) is 0 Å². The molecular weight excluding hydrogens is 402 g/mol. The first-order chi connectivity index (χ1) is 14.2. The number of nitrogens with zero attached hydrogens (tertiary/aromatic N) is 1. The molecule has 0 aliphatic carbocycles. The van der Waals surface area contributed by atoms with Crippen LogP contribution in [0, 0.1) is 13.8 Å². The van der Waals surface area contributed by atoms with Gasteiger partial charge in [-0.05, 0) is 55.7 Å². The molecule has 7 nitrogen and oxygen atoms in total. The Morgan fingerprint density at radius 1 is 1.07 bits per heavy atom. The van der Waals surface area contributed by atoms with Gasteiger partial charge in [0.25, 0.3) is 5.91 Å². The summed E-state index contributed by atoms with van der Waals surface area (Å²) in [6, 6.07) is 9.82. The Morgan fingerprint density at radius 3 is 2.43 bits per heavy atom. The van der Waals surface area contributed by atoms with Crippen LogP contribution in [0.15, 0.2) is 46.9 Å². The number of nitrogen functional groups attached to an aromatic ring is 1. The number of carbonyl (C=O) groups excluding carboxylic acids is 1. The standard InChI is InChI=1S/C22H21N3O4S/c1-11-4-5-14(8-12(11)2)20-19(26)17(10-30-20)13(3)24-25-21(27)16-7-6-15(22(28)29)9-18(16)23/h4-10,26H,23H2,1-3H3,(H,25,27)(H,28,29). The Labute approximate surface area is 177 Å². The Kier molecular flexibility index (Phi) is 5.89. The lowest BCUT2D eigenvalue weighted by Gasteiger charge is -2.07. The van der Waals surface area contributed by atoms with Crippen LogP contribution in [0.4, 0.5) is 5.69 Å². The van der Waals surface area contributed by atoms with Gasteiger partial charge in [-0.2, -0.15) is 5.10 Å². The second-order valence-corrected chi connectivity index (χ2v) is 7.75. The summed E-state index contributed by atoms with van der Waals surface area (Å²) < 4.78 is 0. The van der Waals surface area contributed by atoms with Crippen LogP contribution in [0.5, 0.6) is 5.75 Å². The highest BCUT2D eigenvalue weighted by Crippen LogP contribution is 2.39. The number of amides is 1. The number of nitrogens with one attached hydrogen (secondary N) is 1. The lowest BCUT2D eigenvalue weighted by atomic mass is 10.0. The van der Waals surface area contributed by atoms with Crippen molar-refractivity contribution >= 4 is 34.6 Å². The average molecular weight is 423 g/mol. The van der Waals surface area contributed by atoms with Crippen molar-refractivity contribution in [3.8, 4) is 16.2 Å². The average Bonchev–Trinajstić information content (AvgIpc) is 3.09. The summed E-state index contributed by atoms with van der Waals surface area (Å²) >= 11 is 1.39. The van der Waals surface area contributed by atoms with Gasteiger partial charge in [0.05, 0.1) is 27.3 Å². The zero-order valence-electron chi connectivity index (χ0n) is 16.7. The second kappa shape index (κ2) is 8.38. The molecule has 3 aromatic rings. The third kappa shape index (κ3) is 4.18. The monoisotopic (exact) mass is 423 g/mol. The molecule has 1 amide bonds. The fraction of sp³-hybridized carbons (Fsp3) is 0.136. The first-order valence-corrected chi connectivity index (χ1v) is 9.93. The van der Waals surface area contributed by atoms with Crippen LogP contribution in [0.25, 0.3) is 10.4 Å². The van der Waals surface area contributed by atoms with Crippen molar-refractivity contribution in [2.75, 3.05) is 5.73 Å². The maximum atomic E-state index is 12.4. The highest BCUT2D eigenvalue weighted by atomic mass is 32.1. The van der Waals surface area contributed by atoms with Gasteiger partial charge in [0, 0.05) is 11.1 Å². The molecule has 0 atom stereocenters. The van der Waals surface area contributed by atoms with E-state index in [1.165, 1.54) is 35.1 Å². The third-order valence-electron chi connectivity index (χ3n) is 4.79. The number of hydrogen-bond acceptors (Lipinski definition) is 6. The number of anilines is 1. The Bertz CT molecular complexity index is 1180. The van der Waals surface area contributed by atoms with E-state index in [1.807, 2.05) is 32.0 Å². The molecule has 2 aromatic carbocycles. The van der Waals surface area contributed by atoms with Crippen molar-refractivity contribution in [3.05, 3.63) is 69.6 Å². The minimum absolute atomic E-state index is 0.00852.